The van der Waals surface area contributed by atoms with Crippen molar-refractivity contribution < 1.29 is 19.7 Å². The third kappa shape index (κ3) is 2.32. The summed E-state index contributed by atoms with van der Waals surface area (Å²) >= 11 is 0. The van der Waals surface area contributed by atoms with Crippen LogP contribution in [-0.4, -0.2) is 34.5 Å². The highest BCUT2D eigenvalue weighted by atomic mass is 16.5. The zero-order valence-corrected chi connectivity index (χ0v) is 16.7. The van der Waals surface area contributed by atoms with Crippen LogP contribution in [0.25, 0.3) is 0 Å². The average molecular weight is 375 g/mol. The van der Waals surface area contributed by atoms with Crippen molar-refractivity contribution in [2.75, 3.05) is 6.61 Å². The van der Waals surface area contributed by atoms with E-state index in [2.05, 4.69) is 13.8 Å². The third-order valence-electron chi connectivity index (χ3n) is 9.96. The molecule has 150 valence electrons. The van der Waals surface area contributed by atoms with E-state index >= 15 is 0 Å². The summed E-state index contributed by atoms with van der Waals surface area (Å²) in [4.78, 5) is 11.6. The molecule has 7 unspecified atom stereocenters. The Morgan fingerprint density at radius 3 is 2.59 bits per heavy atom. The highest BCUT2D eigenvalue weighted by Gasteiger charge is 2.67. The molecule has 0 saturated heterocycles. The lowest BCUT2D eigenvalue weighted by Gasteiger charge is -2.63. The quantitative estimate of drug-likeness (QED) is 0.688. The predicted octanol–water partition coefficient (Wildman–Crippen LogP) is 3.60. The predicted molar refractivity (Wildman–Crippen MR) is 102 cm³/mol. The van der Waals surface area contributed by atoms with Crippen molar-refractivity contribution in [2.45, 2.75) is 83.3 Å². The zero-order valence-electron chi connectivity index (χ0n) is 16.7. The Kier molecular flexibility index (Phi) is 3.92. The molecule has 0 aromatic carbocycles. The Morgan fingerprint density at radius 2 is 1.85 bits per heavy atom. The van der Waals surface area contributed by atoms with E-state index in [4.69, 9.17) is 4.74 Å². The molecule has 0 amide bonds. The molecule has 4 heteroatoms. The minimum atomic E-state index is -0.628. The summed E-state index contributed by atoms with van der Waals surface area (Å²) in [5, 5.41) is 22.3. The molecule has 0 aromatic rings. The maximum atomic E-state index is 12.1. The molecular formula is C23H34O4. The van der Waals surface area contributed by atoms with Crippen molar-refractivity contribution in [1.29, 1.82) is 0 Å². The van der Waals surface area contributed by atoms with E-state index in [0.29, 0.717) is 24.4 Å². The molecule has 1 aliphatic heterocycles. The number of rotatable bonds is 1. The van der Waals surface area contributed by atoms with Crippen LogP contribution in [0.4, 0.5) is 0 Å². The number of ether oxygens (including phenoxy) is 1. The summed E-state index contributed by atoms with van der Waals surface area (Å²) in [6.45, 7) is 5.15. The normalized spacial score (nSPS) is 54.6. The van der Waals surface area contributed by atoms with E-state index in [-0.39, 0.29) is 28.8 Å². The van der Waals surface area contributed by atoms with Gasteiger partial charge in [-0.2, -0.15) is 0 Å². The van der Waals surface area contributed by atoms with E-state index in [1.807, 2.05) is 0 Å². The number of cyclic esters (lactones) is 1. The number of fused-ring (bicyclic) bond motifs is 5. The van der Waals surface area contributed by atoms with Gasteiger partial charge in [0.05, 0.1) is 11.7 Å². The first kappa shape index (κ1) is 18.2. The molecule has 2 N–H and O–H groups in total. The van der Waals surface area contributed by atoms with Crippen LogP contribution < -0.4 is 0 Å². The van der Waals surface area contributed by atoms with E-state index in [9.17, 15) is 15.0 Å². The molecule has 4 fully saturated rings. The van der Waals surface area contributed by atoms with Crippen LogP contribution in [0.1, 0.15) is 71.6 Å². The largest absolute Gasteiger partial charge is 0.458 e. The van der Waals surface area contributed by atoms with Crippen molar-refractivity contribution >= 4 is 5.97 Å². The first-order chi connectivity index (χ1) is 12.8. The Labute approximate surface area is 162 Å². The topological polar surface area (TPSA) is 66.8 Å². The van der Waals surface area contributed by atoms with Gasteiger partial charge in [-0.05, 0) is 92.4 Å². The van der Waals surface area contributed by atoms with Crippen LogP contribution in [0.5, 0.6) is 0 Å². The minimum Gasteiger partial charge on any atom is -0.458 e. The summed E-state index contributed by atoms with van der Waals surface area (Å²) in [7, 11) is 0. The molecule has 4 aliphatic carbocycles. The zero-order chi connectivity index (χ0) is 19.0. The van der Waals surface area contributed by atoms with E-state index in [1.165, 1.54) is 6.42 Å². The summed E-state index contributed by atoms with van der Waals surface area (Å²) < 4.78 is 5.20. The smallest absolute Gasteiger partial charge is 0.331 e. The molecule has 5 rings (SSSR count). The lowest BCUT2D eigenvalue weighted by atomic mass is 9.43. The Balaban J connectivity index is 1.47. The number of aliphatic hydroxyl groups is 2. The third-order valence-corrected chi connectivity index (χ3v) is 9.96. The van der Waals surface area contributed by atoms with Crippen LogP contribution in [0, 0.1) is 34.5 Å². The molecule has 0 radical (unpaired) electrons. The maximum Gasteiger partial charge on any atom is 0.331 e. The molecule has 0 aromatic heterocycles. The first-order valence-electron chi connectivity index (χ1n) is 11.1. The SMILES string of the molecule is CC12CCC(O)CC1CCC1C2CCC2(C)C(C3=CC(=O)OC3)CC[C@]12O. The molecule has 0 spiro atoms. The van der Waals surface area contributed by atoms with Gasteiger partial charge >= 0.3 is 5.97 Å². The fourth-order valence-electron chi connectivity index (χ4n) is 8.39. The maximum absolute atomic E-state index is 12.1. The van der Waals surface area contributed by atoms with Gasteiger partial charge in [-0.1, -0.05) is 13.8 Å². The Bertz CT molecular complexity index is 686. The van der Waals surface area contributed by atoms with Crippen molar-refractivity contribution in [3.8, 4) is 0 Å². The summed E-state index contributed by atoms with van der Waals surface area (Å²) in [5.41, 5.74) is 0.600. The minimum absolute atomic E-state index is 0.126. The molecule has 8 atom stereocenters. The fraction of sp³-hybridized carbons (Fsp3) is 0.870. The average Bonchev–Trinajstić information content (AvgIpc) is 3.16. The molecule has 4 nitrogen and oxygen atoms in total. The van der Waals surface area contributed by atoms with Crippen molar-refractivity contribution in [1.82, 2.24) is 0 Å². The second kappa shape index (κ2) is 5.82. The van der Waals surface area contributed by atoms with E-state index < -0.39 is 5.60 Å². The lowest BCUT2D eigenvalue weighted by molar-refractivity contribution is -0.208. The standard InChI is InChI=1S/C23H34O4/c1-21-8-5-16(24)12-15(21)3-4-19-18(21)6-9-22(2)17(7-10-23(19,22)26)14-11-20(25)27-13-14/h11,15-19,24,26H,3-10,12-13H2,1-2H3/t15?,16?,17?,18?,19?,21?,22?,23-/m0/s1. The molecule has 5 aliphatic rings. The molecule has 0 bridgehead atoms. The highest BCUT2D eigenvalue weighted by molar-refractivity contribution is 5.85. The monoisotopic (exact) mass is 374 g/mol. The lowest BCUT2D eigenvalue weighted by Crippen LogP contribution is -2.62. The van der Waals surface area contributed by atoms with Crippen LogP contribution in [-0.2, 0) is 9.53 Å². The Hall–Kier alpha value is -0.870. The number of carbonyl (C=O) groups is 1. The second-order valence-electron chi connectivity index (χ2n) is 10.7. The summed E-state index contributed by atoms with van der Waals surface area (Å²) in [6.07, 6.45) is 10.8. The first-order valence-corrected chi connectivity index (χ1v) is 11.1. The van der Waals surface area contributed by atoms with Crippen molar-refractivity contribution in [2.24, 2.45) is 34.5 Å². The molecule has 4 saturated carbocycles. The Morgan fingerprint density at radius 1 is 1.04 bits per heavy atom. The van der Waals surface area contributed by atoms with Gasteiger partial charge in [0.15, 0.2) is 0 Å². The van der Waals surface area contributed by atoms with Gasteiger partial charge in [0.1, 0.15) is 6.61 Å². The fourth-order valence-corrected chi connectivity index (χ4v) is 8.39. The number of hydrogen-bond acceptors (Lipinski definition) is 4. The summed E-state index contributed by atoms with van der Waals surface area (Å²) in [6, 6.07) is 0. The number of esters is 1. The van der Waals surface area contributed by atoms with Gasteiger partial charge in [0, 0.05) is 11.5 Å². The molecule has 27 heavy (non-hydrogen) atoms. The number of hydrogen-bond donors (Lipinski definition) is 2. The van der Waals surface area contributed by atoms with E-state index in [1.54, 1.807) is 6.08 Å². The van der Waals surface area contributed by atoms with Gasteiger partial charge in [-0.25, -0.2) is 4.79 Å². The van der Waals surface area contributed by atoms with Gasteiger partial charge in [0.25, 0.3) is 0 Å². The number of carbonyl (C=O) groups excluding carboxylic acids is 1. The van der Waals surface area contributed by atoms with Gasteiger partial charge in [-0.3, -0.25) is 0 Å². The molecular weight excluding hydrogens is 340 g/mol. The molecule has 1 heterocycles. The highest BCUT2D eigenvalue weighted by Crippen LogP contribution is 2.69. The van der Waals surface area contributed by atoms with Gasteiger partial charge < -0.3 is 14.9 Å². The summed E-state index contributed by atoms with van der Waals surface area (Å²) in [5.74, 6) is 1.59. The number of aliphatic hydroxyl groups excluding tert-OH is 1. The van der Waals surface area contributed by atoms with Crippen molar-refractivity contribution in [3.05, 3.63) is 11.6 Å². The van der Waals surface area contributed by atoms with Gasteiger partial charge in [0.2, 0.25) is 0 Å². The van der Waals surface area contributed by atoms with Gasteiger partial charge in [-0.15, -0.1) is 0 Å². The van der Waals surface area contributed by atoms with Crippen LogP contribution in [0.3, 0.4) is 0 Å². The van der Waals surface area contributed by atoms with Crippen LogP contribution in [0.2, 0.25) is 0 Å². The van der Waals surface area contributed by atoms with Crippen molar-refractivity contribution in [3.63, 3.8) is 0 Å². The van der Waals surface area contributed by atoms with E-state index in [0.717, 1.165) is 56.9 Å². The second-order valence-corrected chi connectivity index (χ2v) is 10.7. The van der Waals surface area contributed by atoms with Crippen LogP contribution in [0.15, 0.2) is 11.6 Å². The van der Waals surface area contributed by atoms with Crippen LogP contribution >= 0.6 is 0 Å².